The molecule has 2 heteroatoms. The average Bonchev–Trinajstić information content (AvgIpc) is 2.80. The number of hydrogen-bond acceptors (Lipinski definition) is 2. The summed E-state index contributed by atoms with van der Waals surface area (Å²) in [6.45, 7) is 8.71. The molecule has 2 aromatic rings. The predicted molar refractivity (Wildman–Crippen MR) is 90.7 cm³/mol. The van der Waals surface area contributed by atoms with Gasteiger partial charge in [0.05, 0.1) is 0 Å². The van der Waals surface area contributed by atoms with Crippen LogP contribution in [0, 0.1) is 20.8 Å². The molecule has 0 N–H and O–H groups in total. The molecule has 21 heavy (non-hydrogen) atoms. The summed E-state index contributed by atoms with van der Waals surface area (Å²) in [4.78, 5) is 4.65. The molecule has 0 saturated heterocycles. The number of anilines is 2. The van der Waals surface area contributed by atoms with Gasteiger partial charge in [-0.1, -0.05) is 24.3 Å². The Morgan fingerprint density at radius 2 is 1.43 bits per heavy atom. The molecule has 1 aliphatic heterocycles. The van der Waals surface area contributed by atoms with E-state index in [1.165, 1.54) is 28.1 Å². The zero-order valence-electron chi connectivity index (χ0n) is 13.2. The summed E-state index contributed by atoms with van der Waals surface area (Å²) < 4.78 is 0. The second-order valence-corrected chi connectivity index (χ2v) is 5.88. The smallest absolute Gasteiger partial charge is 0.107 e. The summed E-state index contributed by atoms with van der Waals surface area (Å²) in [5.41, 5.74) is 6.44. The van der Waals surface area contributed by atoms with Crippen molar-refractivity contribution >= 4 is 11.4 Å². The summed E-state index contributed by atoms with van der Waals surface area (Å²) in [6.07, 6.45) is 4.63. The van der Waals surface area contributed by atoms with Gasteiger partial charge >= 0.3 is 0 Å². The van der Waals surface area contributed by atoms with Crippen LogP contribution in [-0.4, -0.2) is 6.17 Å². The van der Waals surface area contributed by atoms with Crippen molar-refractivity contribution in [2.24, 2.45) is 0 Å². The van der Waals surface area contributed by atoms with Crippen LogP contribution in [0.4, 0.5) is 11.4 Å². The van der Waals surface area contributed by atoms with E-state index in [0.717, 1.165) is 0 Å². The second kappa shape index (κ2) is 5.28. The molecule has 1 atom stereocenters. The lowest BCUT2D eigenvalue weighted by Crippen LogP contribution is -2.36. The van der Waals surface area contributed by atoms with Gasteiger partial charge in [-0.05, 0) is 62.6 Å². The molecule has 0 unspecified atom stereocenters. The number of rotatable bonds is 2. The van der Waals surface area contributed by atoms with Crippen LogP contribution in [-0.2, 0) is 0 Å². The van der Waals surface area contributed by atoms with E-state index in [2.05, 4.69) is 92.4 Å². The standard InChI is InChI=1S/C19H22N2/c1-14-11-15(2)13-18(12-14)20-9-10-21(17(20)4)19-8-6-5-7-16(19)3/h5-13,17H,1-4H3/t17-/m1/s1. The van der Waals surface area contributed by atoms with Crippen LogP contribution in [0.5, 0.6) is 0 Å². The summed E-state index contributed by atoms with van der Waals surface area (Å²) in [7, 11) is 0. The van der Waals surface area contributed by atoms with Crippen molar-refractivity contribution in [1.29, 1.82) is 0 Å². The fourth-order valence-electron chi connectivity index (χ4n) is 3.06. The van der Waals surface area contributed by atoms with Gasteiger partial charge in [0, 0.05) is 23.8 Å². The van der Waals surface area contributed by atoms with Crippen molar-refractivity contribution in [2.75, 3.05) is 9.80 Å². The van der Waals surface area contributed by atoms with Crippen LogP contribution in [0.3, 0.4) is 0 Å². The van der Waals surface area contributed by atoms with E-state index in [0.29, 0.717) is 0 Å². The Labute approximate surface area is 127 Å². The van der Waals surface area contributed by atoms with Gasteiger partial charge in [-0.3, -0.25) is 0 Å². The van der Waals surface area contributed by atoms with Crippen molar-refractivity contribution in [1.82, 2.24) is 0 Å². The molecule has 0 spiro atoms. The maximum Gasteiger partial charge on any atom is 0.107 e. The fourth-order valence-corrected chi connectivity index (χ4v) is 3.06. The number of para-hydroxylation sites is 1. The van der Waals surface area contributed by atoms with Crippen LogP contribution in [0.25, 0.3) is 0 Å². The Kier molecular flexibility index (Phi) is 3.46. The minimum atomic E-state index is 0.285. The lowest BCUT2D eigenvalue weighted by Gasteiger charge is -2.31. The average molecular weight is 278 g/mol. The molecule has 0 fully saturated rings. The van der Waals surface area contributed by atoms with Gasteiger partial charge in [0.25, 0.3) is 0 Å². The highest BCUT2D eigenvalue weighted by atomic mass is 15.4. The molecule has 0 aliphatic carbocycles. The number of hydrogen-bond donors (Lipinski definition) is 0. The summed E-state index contributed by atoms with van der Waals surface area (Å²) in [5, 5.41) is 0. The summed E-state index contributed by atoms with van der Waals surface area (Å²) in [6, 6.07) is 15.2. The largest absolute Gasteiger partial charge is 0.326 e. The maximum absolute atomic E-state index is 2.33. The highest BCUT2D eigenvalue weighted by molar-refractivity contribution is 5.64. The van der Waals surface area contributed by atoms with Crippen LogP contribution < -0.4 is 9.80 Å². The molecule has 0 bridgehead atoms. The third-order valence-electron chi connectivity index (χ3n) is 4.09. The third kappa shape index (κ3) is 2.54. The highest BCUT2D eigenvalue weighted by Gasteiger charge is 2.25. The lowest BCUT2D eigenvalue weighted by atomic mass is 10.1. The summed E-state index contributed by atoms with van der Waals surface area (Å²) in [5.74, 6) is 0. The van der Waals surface area contributed by atoms with E-state index >= 15 is 0 Å². The van der Waals surface area contributed by atoms with Gasteiger partial charge in [-0.15, -0.1) is 0 Å². The Morgan fingerprint density at radius 3 is 2.10 bits per heavy atom. The van der Waals surface area contributed by atoms with Gasteiger partial charge in [0.15, 0.2) is 0 Å². The highest BCUT2D eigenvalue weighted by Crippen LogP contribution is 2.31. The van der Waals surface area contributed by atoms with Gasteiger partial charge in [-0.2, -0.15) is 0 Å². The second-order valence-electron chi connectivity index (χ2n) is 5.88. The normalized spacial score (nSPS) is 17.6. The Balaban J connectivity index is 1.92. The Morgan fingerprint density at radius 1 is 0.810 bits per heavy atom. The fraction of sp³-hybridized carbons (Fsp3) is 0.263. The molecule has 0 aromatic heterocycles. The number of aryl methyl sites for hydroxylation is 3. The van der Waals surface area contributed by atoms with Crippen molar-refractivity contribution < 1.29 is 0 Å². The minimum absolute atomic E-state index is 0.285. The zero-order valence-corrected chi connectivity index (χ0v) is 13.2. The van der Waals surface area contributed by atoms with Crippen LogP contribution >= 0.6 is 0 Å². The molecule has 3 rings (SSSR count). The zero-order chi connectivity index (χ0) is 15.0. The molecule has 1 aliphatic rings. The van der Waals surface area contributed by atoms with E-state index in [4.69, 9.17) is 0 Å². The van der Waals surface area contributed by atoms with E-state index in [1.807, 2.05) is 0 Å². The quantitative estimate of drug-likeness (QED) is 0.781. The van der Waals surface area contributed by atoms with Crippen LogP contribution in [0.2, 0.25) is 0 Å². The molecule has 1 heterocycles. The van der Waals surface area contributed by atoms with E-state index < -0.39 is 0 Å². The van der Waals surface area contributed by atoms with Crippen LogP contribution in [0.1, 0.15) is 23.6 Å². The first kappa shape index (κ1) is 13.7. The van der Waals surface area contributed by atoms with Gasteiger partial charge in [0.1, 0.15) is 6.17 Å². The first-order valence-electron chi connectivity index (χ1n) is 7.45. The Bertz CT molecular complexity index is 667. The van der Waals surface area contributed by atoms with Crippen molar-refractivity contribution in [2.45, 2.75) is 33.9 Å². The first-order valence-corrected chi connectivity index (χ1v) is 7.45. The van der Waals surface area contributed by atoms with E-state index in [-0.39, 0.29) is 6.17 Å². The lowest BCUT2D eigenvalue weighted by molar-refractivity contribution is 0.748. The topological polar surface area (TPSA) is 6.48 Å². The molecule has 0 amide bonds. The minimum Gasteiger partial charge on any atom is -0.326 e. The molecule has 0 saturated carbocycles. The summed E-state index contributed by atoms with van der Waals surface area (Å²) >= 11 is 0. The van der Waals surface area contributed by atoms with Crippen molar-refractivity contribution in [3.8, 4) is 0 Å². The molecular formula is C19H22N2. The van der Waals surface area contributed by atoms with Crippen molar-refractivity contribution in [3.63, 3.8) is 0 Å². The number of nitrogens with zero attached hydrogens (tertiary/aromatic N) is 2. The van der Waals surface area contributed by atoms with Crippen LogP contribution in [0.15, 0.2) is 54.9 Å². The van der Waals surface area contributed by atoms with E-state index in [1.54, 1.807) is 0 Å². The van der Waals surface area contributed by atoms with Crippen molar-refractivity contribution in [3.05, 3.63) is 71.6 Å². The third-order valence-corrected chi connectivity index (χ3v) is 4.09. The maximum atomic E-state index is 2.33. The Hall–Kier alpha value is -2.22. The predicted octanol–water partition coefficient (Wildman–Crippen LogP) is 4.76. The molecule has 2 nitrogen and oxygen atoms in total. The van der Waals surface area contributed by atoms with Gasteiger partial charge in [0.2, 0.25) is 0 Å². The monoisotopic (exact) mass is 278 g/mol. The van der Waals surface area contributed by atoms with E-state index in [9.17, 15) is 0 Å². The SMILES string of the molecule is Cc1cc(C)cc(N2C=CN(c3ccccc3C)[C@@H]2C)c1. The molecule has 0 radical (unpaired) electrons. The van der Waals surface area contributed by atoms with Gasteiger partial charge in [-0.25, -0.2) is 0 Å². The van der Waals surface area contributed by atoms with Gasteiger partial charge < -0.3 is 9.80 Å². The first-order chi connectivity index (χ1) is 10.1. The number of benzene rings is 2. The molecule has 2 aromatic carbocycles. The molecular weight excluding hydrogens is 256 g/mol. The molecule has 108 valence electrons.